The van der Waals surface area contributed by atoms with Crippen molar-refractivity contribution in [3.8, 4) is 5.75 Å². The van der Waals surface area contributed by atoms with Gasteiger partial charge in [0.05, 0.1) is 0 Å². The molecule has 3 aliphatic rings. The lowest BCUT2D eigenvalue weighted by Gasteiger charge is -2.48. The lowest BCUT2D eigenvalue weighted by Crippen LogP contribution is -2.50. The molecule has 4 rings (SSSR count). The topological polar surface area (TPSA) is 41.5 Å². The molecule has 2 fully saturated rings. The summed E-state index contributed by atoms with van der Waals surface area (Å²) in [5.41, 5.74) is 1.39. The first-order valence-electron chi connectivity index (χ1n) is 8.44. The number of nitrogens with one attached hydrogen (secondary N) is 1. The standard InChI is InChI=1S/C18H25NO2/c20-12-13-5-3-7-15(13)19-16-11-18(9-4-10-18)21-17-8-2-1-6-14(16)17/h1-2,6,8,13,15-16,19-20H,3-5,7,9-12H2. The van der Waals surface area contributed by atoms with Gasteiger partial charge in [0, 0.05) is 30.7 Å². The Balaban J connectivity index is 1.58. The third-order valence-corrected chi connectivity index (χ3v) is 5.77. The van der Waals surface area contributed by atoms with Gasteiger partial charge in [-0.15, -0.1) is 0 Å². The van der Waals surface area contributed by atoms with Gasteiger partial charge in [-0.1, -0.05) is 24.6 Å². The second-order valence-electron chi connectivity index (χ2n) is 7.08. The summed E-state index contributed by atoms with van der Waals surface area (Å²) in [6, 6.07) is 9.33. The number of ether oxygens (including phenoxy) is 1. The van der Waals surface area contributed by atoms with Gasteiger partial charge in [0.2, 0.25) is 0 Å². The number of hydrogen-bond acceptors (Lipinski definition) is 3. The highest BCUT2D eigenvalue weighted by Crippen LogP contribution is 2.49. The highest BCUT2D eigenvalue weighted by Gasteiger charge is 2.46. The summed E-state index contributed by atoms with van der Waals surface area (Å²) in [6.07, 6.45) is 8.33. The van der Waals surface area contributed by atoms with E-state index in [4.69, 9.17) is 4.74 Å². The maximum atomic E-state index is 9.56. The Labute approximate surface area is 126 Å². The van der Waals surface area contributed by atoms with E-state index >= 15 is 0 Å². The molecule has 0 radical (unpaired) electrons. The van der Waals surface area contributed by atoms with Crippen LogP contribution in [0.1, 0.15) is 56.6 Å². The first-order chi connectivity index (χ1) is 10.3. The predicted molar refractivity (Wildman–Crippen MR) is 82.4 cm³/mol. The zero-order chi connectivity index (χ0) is 14.3. The summed E-state index contributed by atoms with van der Waals surface area (Å²) in [7, 11) is 0. The average molecular weight is 287 g/mol. The maximum Gasteiger partial charge on any atom is 0.124 e. The van der Waals surface area contributed by atoms with E-state index in [1.165, 1.54) is 37.7 Å². The van der Waals surface area contributed by atoms with E-state index in [1.54, 1.807) is 0 Å². The summed E-state index contributed by atoms with van der Waals surface area (Å²) in [6.45, 7) is 0.313. The van der Waals surface area contributed by atoms with Gasteiger partial charge in [-0.3, -0.25) is 0 Å². The van der Waals surface area contributed by atoms with Crippen LogP contribution >= 0.6 is 0 Å². The van der Waals surface area contributed by atoms with Crippen LogP contribution in [0.25, 0.3) is 0 Å². The maximum absolute atomic E-state index is 9.56. The average Bonchev–Trinajstić information content (AvgIpc) is 2.92. The number of aliphatic hydroxyl groups excluding tert-OH is 1. The van der Waals surface area contributed by atoms with Crippen molar-refractivity contribution in [2.45, 2.75) is 62.6 Å². The Morgan fingerprint density at radius 1 is 1.19 bits per heavy atom. The van der Waals surface area contributed by atoms with Crippen LogP contribution in [0, 0.1) is 5.92 Å². The minimum absolute atomic E-state index is 0.0827. The Kier molecular flexibility index (Phi) is 3.43. The van der Waals surface area contributed by atoms with Crippen LogP contribution < -0.4 is 10.1 Å². The van der Waals surface area contributed by atoms with Crippen molar-refractivity contribution < 1.29 is 9.84 Å². The quantitative estimate of drug-likeness (QED) is 0.897. The molecule has 1 spiro atoms. The second kappa shape index (κ2) is 5.29. The zero-order valence-corrected chi connectivity index (χ0v) is 12.6. The lowest BCUT2D eigenvalue weighted by molar-refractivity contribution is -0.0387. The molecule has 3 atom stereocenters. The van der Waals surface area contributed by atoms with Gasteiger partial charge in [-0.05, 0) is 44.1 Å². The van der Waals surface area contributed by atoms with Crippen molar-refractivity contribution in [2.75, 3.05) is 6.61 Å². The molecule has 21 heavy (non-hydrogen) atoms. The first kappa shape index (κ1) is 13.6. The molecule has 2 saturated carbocycles. The molecule has 0 saturated heterocycles. The Morgan fingerprint density at radius 2 is 2.05 bits per heavy atom. The fourth-order valence-corrected chi connectivity index (χ4v) is 4.38. The third kappa shape index (κ3) is 2.36. The first-order valence-corrected chi connectivity index (χ1v) is 8.44. The molecule has 3 nitrogen and oxygen atoms in total. The Morgan fingerprint density at radius 3 is 2.81 bits per heavy atom. The van der Waals surface area contributed by atoms with Gasteiger partial charge in [-0.25, -0.2) is 0 Å². The monoisotopic (exact) mass is 287 g/mol. The fourth-order valence-electron chi connectivity index (χ4n) is 4.38. The van der Waals surface area contributed by atoms with Gasteiger partial charge in [0.15, 0.2) is 0 Å². The molecule has 1 aromatic carbocycles. The van der Waals surface area contributed by atoms with Crippen LogP contribution in [-0.2, 0) is 0 Å². The summed E-state index contributed by atoms with van der Waals surface area (Å²) in [4.78, 5) is 0. The van der Waals surface area contributed by atoms with Crippen molar-refractivity contribution in [1.82, 2.24) is 5.32 Å². The van der Waals surface area contributed by atoms with Gasteiger partial charge >= 0.3 is 0 Å². The second-order valence-corrected chi connectivity index (χ2v) is 7.08. The van der Waals surface area contributed by atoms with Crippen LogP contribution in [0.3, 0.4) is 0 Å². The molecular weight excluding hydrogens is 262 g/mol. The SMILES string of the molecule is OCC1CCCC1NC1CC2(CCC2)Oc2ccccc21. The fraction of sp³-hybridized carbons (Fsp3) is 0.667. The van der Waals surface area contributed by atoms with Crippen molar-refractivity contribution in [2.24, 2.45) is 5.92 Å². The van der Waals surface area contributed by atoms with Crippen LogP contribution in [-0.4, -0.2) is 23.4 Å². The predicted octanol–water partition coefficient (Wildman–Crippen LogP) is 3.18. The smallest absolute Gasteiger partial charge is 0.124 e. The summed E-state index contributed by atoms with van der Waals surface area (Å²) >= 11 is 0. The molecule has 114 valence electrons. The van der Waals surface area contributed by atoms with Crippen LogP contribution in [0.15, 0.2) is 24.3 Å². The van der Waals surface area contributed by atoms with E-state index in [0.717, 1.165) is 18.6 Å². The summed E-state index contributed by atoms with van der Waals surface area (Å²) in [5.74, 6) is 1.50. The van der Waals surface area contributed by atoms with Gasteiger partial charge in [0.1, 0.15) is 11.4 Å². The molecule has 3 heteroatoms. The highest BCUT2D eigenvalue weighted by atomic mass is 16.5. The normalized spacial score (nSPS) is 33.3. The lowest BCUT2D eigenvalue weighted by atomic mass is 9.72. The largest absolute Gasteiger partial charge is 0.487 e. The molecule has 1 aromatic rings. The van der Waals surface area contributed by atoms with Crippen LogP contribution in [0.5, 0.6) is 5.75 Å². The van der Waals surface area contributed by atoms with E-state index in [9.17, 15) is 5.11 Å². The van der Waals surface area contributed by atoms with E-state index < -0.39 is 0 Å². The highest BCUT2D eigenvalue weighted by molar-refractivity contribution is 5.39. The number of aliphatic hydroxyl groups is 1. The number of para-hydroxylation sites is 1. The molecule has 2 aliphatic carbocycles. The molecule has 1 heterocycles. The Bertz CT molecular complexity index is 512. The molecule has 0 amide bonds. The summed E-state index contributed by atoms with van der Waals surface area (Å²) < 4.78 is 6.31. The number of hydrogen-bond donors (Lipinski definition) is 2. The molecule has 0 aromatic heterocycles. The van der Waals surface area contributed by atoms with Gasteiger partial charge in [-0.2, -0.15) is 0 Å². The molecule has 3 unspecified atom stereocenters. The minimum atomic E-state index is 0.0827. The van der Waals surface area contributed by atoms with Crippen LogP contribution in [0.2, 0.25) is 0 Å². The minimum Gasteiger partial charge on any atom is -0.487 e. The van der Waals surface area contributed by atoms with Crippen molar-refractivity contribution in [3.05, 3.63) is 29.8 Å². The van der Waals surface area contributed by atoms with Crippen LogP contribution in [0.4, 0.5) is 0 Å². The molecule has 2 N–H and O–H groups in total. The Hall–Kier alpha value is -1.06. The van der Waals surface area contributed by atoms with E-state index in [-0.39, 0.29) is 5.60 Å². The molecular formula is C18H25NO2. The molecule has 1 aliphatic heterocycles. The van der Waals surface area contributed by atoms with Crippen molar-refractivity contribution in [3.63, 3.8) is 0 Å². The van der Waals surface area contributed by atoms with E-state index in [2.05, 4.69) is 29.6 Å². The third-order valence-electron chi connectivity index (χ3n) is 5.77. The zero-order valence-electron chi connectivity index (χ0n) is 12.6. The van der Waals surface area contributed by atoms with Gasteiger partial charge < -0.3 is 15.2 Å². The van der Waals surface area contributed by atoms with E-state index in [0.29, 0.717) is 24.6 Å². The number of rotatable bonds is 3. The number of fused-ring (bicyclic) bond motifs is 1. The van der Waals surface area contributed by atoms with E-state index in [1.807, 2.05) is 0 Å². The van der Waals surface area contributed by atoms with Crippen molar-refractivity contribution >= 4 is 0 Å². The molecule has 0 bridgehead atoms. The summed E-state index contributed by atoms with van der Waals surface area (Å²) in [5, 5.41) is 13.4. The van der Waals surface area contributed by atoms with Crippen molar-refractivity contribution in [1.29, 1.82) is 0 Å². The number of benzene rings is 1. The van der Waals surface area contributed by atoms with Gasteiger partial charge in [0.25, 0.3) is 0 Å².